The van der Waals surface area contributed by atoms with E-state index in [1.165, 1.54) is 0 Å². The first kappa shape index (κ1) is 8.05. The lowest BCUT2D eigenvalue weighted by molar-refractivity contribution is 0.633. The summed E-state index contributed by atoms with van der Waals surface area (Å²) in [5.74, 6) is 0. The molecular formula is C9H14N2. The van der Waals surface area contributed by atoms with Crippen LogP contribution < -0.4 is 5.32 Å². The molecule has 0 fully saturated rings. The van der Waals surface area contributed by atoms with Crippen LogP contribution in [0.1, 0.15) is 20.8 Å². The summed E-state index contributed by atoms with van der Waals surface area (Å²) < 4.78 is 0. The van der Waals surface area contributed by atoms with Gasteiger partial charge in [-0.3, -0.25) is 4.98 Å². The van der Waals surface area contributed by atoms with Gasteiger partial charge in [0.05, 0.1) is 5.69 Å². The van der Waals surface area contributed by atoms with E-state index in [1.807, 2.05) is 18.3 Å². The third-order valence-electron chi connectivity index (χ3n) is 1.18. The lowest BCUT2D eigenvalue weighted by atomic mass is 10.1. The Morgan fingerprint density at radius 1 is 1.36 bits per heavy atom. The lowest BCUT2D eigenvalue weighted by Gasteiger charge is -2.21. The van der Waals surface area contributed by atoms with Crippen molar-refractivity contribution in [1.29, 1.82) is 0 Å². The number of hydrogen-bond donors (Lipinski definition) is 1. The molecular weight excluding hydrogens is 136 g/mol. The van der Waals surface area contributed by atoms with Gasteiger partial charge >= 0.3 is 0 Å². The smallest absolute Gasteiger partial charge is 0.0530 e. The normalized spacial score (nSPS) is 11.2. The molecule has 0 saturated carbocycles. The van der Waals surface area contributed by atoms with Gasteiger partial charge in [0.15, 0.2) is 0 Å². The van der Waals surface area contributed by atoms with Crippen LogP contribution in [0.3, 0.4) is 0 Å². The van der Waals surface area contributed by atoms with E-state index in [4.69, 9.17) is 0 Å². The van der Waals surface area contributed by atoms with Crippen LogP contribution in [0.25, 0.3) is 0 Å². The molecule has 1 rings (SSSR count). The Balaban J connectivity index is 2.66. The van der Waals surface area contributed by atoms with E-state index in [2.05, 4.69) is 31.1 Å². The number of aromatic nitrogens is 1. The Morgan fingerprint density at radius 2 is 2.09 bits per heavy atom. The van der Waals surface area contributed by atoms with Crippen LogP contribution in [-0.4, -0.2) is 10.5 Å². The fraction of sp³-hybridized carbons (Fsp3) is 0.444. The number of pyridine rings is 1. The fourth-order valence-electron chi connectivity index (χ4n) is 0.870. The summed E-state index contributed by atoms with van der Waals surface area (Å²) in [6.07, 6.45) is 3.60. The predicted octanol–water partition coefficient (Wildman–Crippen LogP) is 2.29. The Morgan fingerprint density at radius 3 is 2.55 bits per heavy atom. The van der Waals surface area contributed by atoms with Crippen LogP contribution in [0.5, 0.6) is 0 Å². The minimum Gasteiger partial charge on any atom is -0.379 e. The van der Waals surface area contributed by atoms with Gasteiger partial charge in [-0.15, -0.1) is 0 Å². The third kappa shape index (κ3) is 3.03. The summed E-state index contributed by atoms with van der Waals surface area (Å²) >= 11 is 0. The molecule has 0 unspecified atom stereocenters. The first-order valence-electron chi connectivity index (χ1n) is 3.76. The Labute approximate surface area is 67.7 Å². The average Bonchev–Trinajstić information content (AvgIpc) is 1.85. The zero-order chi connectivity index (χ0) is 8.32. The topological polar surface area (TPSA) is 24.9 Å². The summed E-state index contributed by atoms with van der Waals surface area (Å²) in [4.78, 5) is 4.01. The first-order chi connectivity index (χ1) is 5.08. The van der Waals surface area contributed by atoms with Crippen molar-refractivity contribution in [2.45, 2.75) is 26.3 Å². The lowest BCUT2D eigenvalue weighted by Crippen LogP contribution is -2.25. The van der Waals surface area contributed by atoms with Crippen LogP contribution >= 0.6 is 0 Å². The summed E-state index contributed by atoms with van der Waals surface area (Å²) in [6.45, 7) is 6.38. The molecule has 0 saturated heterocycles. The van der Waals surface area contributed by atoms with Gasteiger partial charge in [-0.2, -0.15) is 0 Å². The fourth-order valence-corrected chi connectivity index (χ4v) is 0.870. The van der Waals surface area contributed by atoms with Crippen molar-refractivity contribution in [1.82, 2.24) is 4.98 Å². The molecule has 0 radical (unpaired) electrons. The van der Waals surface area contributed by atoms with Crippen LogP contribution in [0, 0.1) is 0 Å². The molecule has 2 nitrogen and oxygen atoms in total. The highest BCUT2D eigenvalue weighted by Gasteiger charge is 2.07. The van der Waals surface area contributed by atoms with Crippen molar-refractivity contribution >= 4 is 5.69 Å². The van der Waals surface area contributed by atoms with Gasteiger partial charge < -0.3 is 5.32 Å². The molecule has 2 heteroatoms. The molecule has 1 aromatic heterocycles. The molecule has 0 amide bonds. The van der Waals surface area contributed by atoms with E-state index >= 15 is 0 Å². The quantitative estimate of drug-likeness (QED) is 0.664. The van der Waals surface area contributed by atoms with Gasteiger partial charge in [0, 0.05) is 17.9 Å². The monoisotopic (exact) mass is 150 g/mol. The molecule has 0 aliphatic carbocycles. The van der Waals surface area contributed by atoms with Gasteiger partial charge in [-0.25, -0.2) is 0 Å². The molecule has 1 heterocycles. The van der Waals surface area contributed by atoms with Crippen LogP contribution in [0.15, 0.2) is 24.5 Å². The van der Waals surface area contributed by atoms with Crippen molar-refractivity contribution in [3.05, 3.63) is 24.5 Å². The van der Waals surface area contributed by atoms with Crippen LogP contribution in [-0.2, 0) is 0 Å². The number of nitrogens with one attached hydrogen (secondary N) is 1. The standard InChI is InChI=1S/C9H14N2/c1-9(2,3)11-8-5-4-6-10-7-8/h4-7,11H,1-3H3. The number of anilines is 1. The van der Waals surface area contributed by atoms with Gasteiger partial charge in [0.2, 0.25) is 0 Å². The highest BCUT2D eigenvalue weighted by molar-refractivity contribution is 5.41. The summed E-state index contributed by atoms with van der Waals surface area (Å²) in [7, 11) is 0. The Bertz CT molecular complexity index is 211. The molecule has 0 bridgehead atoms. The first-order valence-corrected chi connectivity index (χ1v) is 3.76. The zero-order valence-electron chi connectivity index (χ0n) is 7.26. The van der Waals surface area contributed by atoms with Crippen molar-refractivity contribution < 1.29 is 0 Å². The Hall–Kier alpha value is -1.05. The second-order valence-electron chi connectivity index (χ2n) is 3.62. The van der Waals surface area contributed by atoms with Crippen LogP contribution in [0.2, 0.25) is 0 Å². The molecule has 1 N–H and O–H groups in total. The Kier molecular flexibility index (Phi) is 2.13. The molecule has 0 spiro atoms. The minimum atomic E-state index is 0.114. The summed E-state index contributed by atoms with van der Waals surface area (Å²) in [6, 6.07) is 3.94. The number of nitrogens with zero attached hydrogens (tertiary/aromatic N) is 1. The highest BCUT2D eigenvalue weighted by atomic mass is 15.0. The predicted molar refractivity (Wildman–Crippen MR) is 47.6 cm³/mol. The van der Waals surface area contributed by atoms with Crippen molar-refractivity contribution in [2.75, 3.05) is 5.32 Å². The summed E-state index contributed by atoms with van der Waals surface area (Å²) in [5, 5.41) is 3.32. The average molecular weight is 150 g/mol. The van der Waals surface area contributed by atoms with Crippen molar-refractivity contribution in [3.63, 3.8) is 0 Å². The summed E-state index contributed by atoms with van der Waals surface area (Å²) in [5.41, 5.74) is 1.18. The SMILES string of the molecule is CC(C)(C)Nc1cccnc1. The minimum absolute atomic E-state index is 0.114. The molecule has 0 aromatic carbocycles. The number of rotatable bonds is 1. The van der Waals surface area contributed by atoms with E-state index in [0.717, 1.165) is 5.69 Å². The van der Waals surface area contributed by atoms with Gasteiger partial charge in [0.25, 0.3) is 0 Å². The van der Waals surface area contributed by atoms with Gasteiger partial charge in [0.1, 0.15) is 0 Å². The van der Waals surface area contributed by atoms with Gasteiger partial charge in [-0.05, 0) is 32.9 Å². The third-order valence-corrected chi connectivity index (χ3v) is 1.18. The molecule has 0 atom stereocenters. The molecule has 1 aromatic rings. The highest BCUT2D eigenvalue weighted by Crippen LogP contribution is 2.11. The van der Waals surface area contributed by atoms with Crippen LogP contribution in [0.4, 0.5) is 5.69 Å². The van der Waals surface area contributed by atoms with E-state index in [0.29, 0.717) is 0 Å². The second-order valence-corrected chi connectivity index (χ2v) is 3.62. The maximum Gasteiger partial charge on any atom is 0.0530 e. The zero-order valence-corrected chi connectivity index (χ0v) is 7.26. The number of hydrogen-bond acceptors (Lipinski definition) is 2. The van der Waals surface area contributed by atoms with Crippen molar-refractivity contribution in [3.8, 4) is 0 Å². The molecule has 60 valence electrons. The largest absolute Gasteiger partial charge is 0.379 e. The van der Waals surface area contributed by atoms with Gasteiger partial charge in [-0.1, -0.05) is 0 Å². The maximum absolute atomic E-state index is 4.01. The second kappa shape index (κ2) is 2.91. The van der Waals surface area contributed by atoms with E-state index < -0.39 is 0 Å². The van der Waals surface area contributed by atoms with E-state index in [1.54, 1.807) is 6.20 Å². The van der Waals surface area contributed by atoms with E-state index in [9.17, 15) is 0 Å². The molecule has 11 heavy (non-hydrogen) atoms. The molecule has 0 aliphatic rings. The molecule has 0 aliphatic heterocycles. The van der Waals surface area contributed by atoms with Crippen molar-refractivity contribution in [2.24, 2.45) is 0 Å². The van der Waals surface area contributed by atoms with E-state index in [-0.39, 0.29) is 5.54 Å². The maximum atomic E-state index is 4.01.